The number of carbonyl (C=O) groups excluding carboxylic acids is 1. The van der Waals surface area contributed by atoms with Crippen LogP contribution in [0.3, 0.4) is 0 Å². The van der Waals surface area contributed by atoms with Gasteiger partial charge in [-0.1, -0.05) is 0 Å². The van der Waals surface area contributed by atoms with Gasteiger partial charge in [-0.3, -0.25) is 0 Å². The molecule has 0 unspecified atom stereocenters. The molecule has 0 aliphatic carbocycles. The average Bonchev–Trinajstić information content (AvgIpc) is 2.52. The van der Waals surface area contributed by atoms with E-state index in [2.05, 4.69) is 15.9 Å². The van der Waals surface area contributed by atoms with E-state index in [0.29, 0.717) is 5.13 Å². The predicted octanol–water partition coefficient (Wildman–Crippen LogP) is 0.706. The number of anilines is 1. The average molecular weight is 215 g/mol. The monoisotopic (exact) mass is 215 g/mol. The zero-order chi connectivity index (χ0) is 9.68. The van der Waals surface area contributed by atoms with Crippen molar-refractivity contribution >= 4 is 30.3 Å². The van der Waals surface area contributed by atoms with Crippen LogP contribution < -0.4 is 11.1 Å². The van der Waals surface area contributed by atoms with Gasteiger partial charge in [0.25, 0.3) is 0 Å². The number of carbonyl (C=O) groups is 1. The molecule has 5 nitrogen and oxygen atoms in total. The molecule has 1 aromatic heterocycles. The Morgan fingerprint density at radius 1 is 1.85 bits per heavy atom. The first-order valence-corrected chi connectivity index (χ1v) is 4.97. The number of hydrogen-bond acceptors (Lipinski definition) is 5. The molecule has 0 saturated carbocycles. The molecule has 13 heavy (non-hydrogen) atoms. The Hall–Kier alpha value is -1.09. The summed E-state index contributed by atoms with van der Waals surface area (Å²) in [6.45, 7) is 0.126. The van der Waals surface area contributed by atoms with E-state index in [1.54, 1.807) is 5.38 Å². The summed E-state index contributed by atoms with van der Waals surface area (Å²) in [5.74, 6) is -0.343. The Bertz CT molecular complexity index is 410. The zero-order valence-electron chi connectivity index (χ0n) is 6.48. The fourth-order valence-electron chi connectivity index (χ4n) is 0.635. The van der Waals surface area contributed by atoms with Crippen LogP contribution in [0.15, 0.2) is 5.38 Å². The molecule has 1 amide bonds. The van der Waals surface area contributed by atoms with E-state index in [0.717, 1.165) is 0 Å². The normalized spacial score (nSPS) is 8.92. The van der Waals surface area contributed by atoms with Crippen molar-refractivity contribution in [2.45, 2.75) is 0 Å². The topological polar surface area (TPSA) is 85.1 Å². The van der Waals surface area contributed by atoms with Crippen LogP contribution in [0.2, 0.25) is 0 Å². The third-order valence-electron chi connectivity index (χ3n) is 1.15. The molecular weight excluding hydrogens is 209 g/mol. The fraction of sp³-hybridized carbons (Fsp3) is 0.167. The van der Waals surface area contributed by atoms with Crippen molar-refractivity contribution in [3.63, 3.8) is 0 Å². The number of nitrogens with two attached hydrogens (primary N) is 1. The molecule has 1 aromatic rings. The van der Waals surface area contributed by atoms with Crippen LogP contribution in [0.4, 0.5) is 5.13 Å². The standard InChI is InChI=1S/C6H6N3O2PS/c7-6-9-4(3-13-6)5(10)8-1-2-12-11/h3H,1H2,(H2,7,9)(H,8,10). The first-order chi connectivity index (χ1) is 6.24. The Kier molecular flexibility index (Phi) is 3.71. The van der Waals surface area contributed by atoms with Crippen molar-refractivity contribution in [1.29, 1.82) is 0 Å². The van der Waals surface area contributed by atoms with E-state index in [1.807, 2.05) is 0 Å². The van der Waals surface area contributed by atoms with E-state index in [1.165, 1.54) is 11.3 Å². The first-order valence-electron chi connectivity index (χ1n) is 3.28. The van der Waals surface area contributed by atoms with E-state index < -0.39 is 0 Å². The van der Waals surface area contributed by atoms with E-state index in [9.17, 15) is 9.36 Å². The summed E-state index contributed by atoms with van der Waals surface area (Å²) in [5, 5.41) is 4.35. The van der Waals surface area contributed by atoms with Crippen molar-refractivity contribution < 1.29 is 9.36 Å². The second kappa shape index (κ2) is 4.82. The van der Waals surface area contributed by atoms with Gasteiger partial charge in [-0.25, -0.2) is 0 Å². The minimum absolute atomic E-state index is 0.126. The quantitative estimate of drug-likeness (QED) is 0.711. The van der Waals surface area contributed by atoms with Crippen LogP contribution in [0.25, 0.3) is 0 Å². The third-order valence-corrected chi connectivity index (χ3v) is 2.11. The summed E-state index contributed by atoms with van der Waals surface area (Å²) >= 11 is 1.19. The fourth-order valence-corrected chi connectivity index (χ4v) is 1.32. The number of thiazole rings is 1. The summed E-state index contributed by atoms with van der Waals surface area (Å²) in [7, 11) is -0.225. The number of nitrogens with zero attached hydrogens (tertiary/aromatic N) is 1. The molecule has 0 aromatic carbocycles. The van der Waals surface area contributed by atoms with Crippen molar-refractivity contribution in [1.82, 2.24) is 10.3 Å². The van der Waals surface area contributed by atoms with Crippen molar-refractivity contribution in [2.75, 3.05) is 12.3 Å². The number of hydrogen-bond donors (Lipinski definition) is 2. The molecular formula is C6H6N3O2PS. The Labute approximate surface area is 79.5 Å². The maximum atomic E-state index is 11.2. The van der Waals surface area contributed by atoms with E-state index in [4.69, 9.17) is 5.73 Å². The Balaban J connectivity index is 2.57. The molecule has 3 N–H and O–H groups in total. The number of amides is 1. The Morgan fingerprint density at radius 2 is 2.62 bits per heavy atom. The van der Waals surface area contributed by atoms with Crippen LogP contribution in [0.5, 0.6) is 0 Å². The number of nitrogens with one attached hydrogen (secondary N) is 1. The predicted molar refractivity (Wildman–Crippen MR) is 50.4 cm³/mol. The molecule has 1 rings (SSSR count). The van der Waals surface area contributed by atoms with E-state index >= 15 is 0 Å². The molecule has 0 saturated heterocycles. The number of nitrogen functional groups attached to an aromatic ring is 1. The van der Waals surface area contributed by atoms with Crippen LogP contribution in [-0.2, 0) is 4.57 Å². The molecule has 0 radical (unpaired) electrons. The first kappa shape index (κ1) is 9.99. The zero-order valence-corrected chi connectivity index (χ0v) is 8.19. The maximum absolute atomic E-state index is 11.2. The van der Waals surface area contributed by atoms with Crippen molar-refractivity contribution in [3.8, 4) is 5.63 Å². The van der Waals surface area contributed by atoms with Gasteiger partial charge in [0.15, 0.2) is 0 Å². The summed E-state index contributed by atoms with van der Waals surface area (Å²) < 4.78 is 9.93. The van der Waals surface area contributed by atoms with Gasteiger partial charge < -0.3 is 0 Å². The SMILES string of the molecule is Nc1nc(C(=O)NCC#P=O)cs1. The van der Waals surface area contributed by atoms with Gasteiger partial charge in [-0.05, 0) is 0 Å². The van der Waals surface area contributed by atoms with Crippen LogP contribution >= 0.6 is 19.3 Å². The molecule has 0 spiro atoms. The van der Waals surface area contributed by atoms with E-state index in [-0.39, 0.29) is 26.1 Å². The molecule has 68 valence electrons. The van der Waals surface area contributed by atoms with Gasteiger partial charge in [-0.15, -0.1) is 0 Å². The number of aromatic nitrogens is 1. The van der Waals surface area contributed by atoms with Crippen LogP contribution in [0, 0.1) is 5.63 Å². The van der Waals surface area contributed by atoms with Crippen LogP contribution in [-0.4, -0.2) is 17.4 Å². The molecule has 0 fully saturated rings. The van der Waals surface area contributed by atoms with Gasteiger partial charge in [-0.2, -0.15) is 0 Å². The minimum atomic E-state index is -0.343. The summed E-state index contributed by atoms with van der Waals surface area (Å²) in [5.41, 5.74) is 7.99. The van der Waals surface area contributed by atoms with Crippen molar-refractivity contribution in [3.05, 3.63) is 11.1 Å². The summed E-state index contributed by atoms with van der Waals surface area (Å²) in [6, 6.07) is 0. The van der Waals surface area contributed by atoms with Gasteiger partial charge >= 0.3 is 78.9 Å². The van der Waals surface area contributed by atoms with Gasteiger partial charge in [0, 0.05) is 0 Å². The molecule has 1 heterocycles. The summed E-state index contributed by atoms with van der Waals surface area (Å²) in [4.78, 5) is 14.9. The second-order valence-electron chi connectivity index (χ2n) is 2.00. The molecule has 0 atom stereocenters. The van der Waals surface area contributed by atoms with Crippen LogP contribution in [0.1, 0.15) is 10.5 Å². The Morgan fingerprint density at radius 3 is 3.15 bits per heavy atom. The van der Waals surface area contributed by atoms with Gasteiger partial charge in [0.1, 0.15) is 0 Å². The van der Waals surface area contributed by atoms with Gasteiger partial charge in [0.2, 0.25) is 0 Å². The third kappa shape index (κ3) is 3.03. The van der Waals surface area contributed by atoms with Crippen molar-refractivity contribution in [2.24, 2.45) is 0 Å². The second-order valence-corrected chi connectivity index (χ2v) is 3.39. The molecule has 0 aliphatic rings. The molecule has 7 heteroatoms. The number of rotatable bonds is 2. The molecule has 0 bridgehead atoms. The van der Waals surface area contributed by atoms with Gasteiger partial charge in [0.05, 0.1) is 0 Å². The summed E-state index contributed by atoms with van der Waals surface area (Å²) in [6.07, 6.45) is 0. The molecule has 0 aliphatic heterocycles.